The lowest BCUT2D eigenvalue weighted by Crippen LogP contribution is -2.24. The van der Waals surface area contributed by atoms with Crippen LogP contribution in [0.1, 0.15) is 17.5 Å². The van der Waals surface area contributed by atoms with Crippen LogP contribution in [-0.4, -0.2) is 24.8 Å². The summed E-state index contributed by atoms with van der Waals surface area (Å²) in [5.74, 6) is -0.400. The quantitative estimate of drug-likeness (QED) is 0.372. The minimum Gasteiger partial charge on any atom is -0.486 e. The van der Waals surface area contributed by atoms with Gasteiger partial charge in [0.25, 0.3) is 0 Å². The molecule has 0 heterocycles. The highest BCUT2D eigenvalue weighted by molar-refractivity contribution is 9.10. The zero-order valence-corrected chi connectivity index (χ0v) is 17.3. The van der Waals surface area contributed by atoms with E-state index in [2.05, 4.69) is 34.4 Å². The van der Waals surface area contributed by atoms with Gasteiger partial charge in [0.15, 0.2) is 11.6 Å². The van der Waals surface area contributed by atoms with Gasteiger partial charge in [0.1, 0.15) is 12.2 Å². The third-order valence-electron chi connectivity index (χ3n) is 4.24. The van der Waals surface area contributed by atoms with Crippen LogP contribution >= 0.6 is 15.9 Å². The molecular formula is C23H25BrFNO2. The topological polar surface area (TPSA) is 41.5 Å². The van der Waals surface area contributed by atoms with Gasteiger partial charge in [-0.3, -0.25) is 0 Å². The average molecular weight is 446 g/mol. The minimum atomic E-state index is -1.49. The number of ether oxygens (including phenoxy) is 1. The van der Waals surface area contributed by atoms with Crippen LogP contribution in [0, 0.1) is 5.82 Å². The van der Waals surface area contributed by atoms with Gasteiger partial charge < -0.3 is 15.2 Å². The minimum absolute atomic E-state index is 0.134. The molecule has 0 spiro atoms. The first-order valence-corrected chi connectivity index (χ1v) is 9.82. The van der Waals surface area contributed by atoms with Crippen molar-refractivity contribution >= 4 is 15.9 Å². The Morgan fingerprint density at radius 1 is 1.11 bits per heavy atom. The summed E-state index contributed by atoms with van der Waals surface area (Å²) in [7, 11) is 0. The van der Waals surface area contributed by atoms with E-state index in [4.69, 9.17) is 4.74 Å². The monoisotopic (exact) mass is 445 g/mol. The number of benzene rings is 2. The van der Waals surface area contributed by atoms with Gasteiger partial charge in [-0.25, -0.2) is 4.39 Å². The van der Waals surface area contributed by atoms with Crippen molar-refractivity contribution in [3.05, 3.63) is 101 Å². The standard InChI is InChI=1S/C23H25BrFNO2/c1-3-5-14-26-15-6-7-16-28-22-13-10-19(17-21(22)25)23(27,4-2)18-8-11-20(24)12-9-18/h3-4,6-13,17,26-27H,1-2,5,14-16H2. The molecule has 2 aromatic carbocycles. The Morgan fingerprint density at radius 2 is 1.82 bits per heavy atom. The number of hydrogen-bond acceptors (Lipinski definition) is 3. The molecule has 0 aliphatic rings. The zero-order valence-electron chi connectivity index (χ0n) is 15.7. The molecule has 5 heteroatoms. The van der Waals surface area contributed by atoms with Gasteiger partial charge in [-0.1, -0.05) is 65.0 Å². The first-order chi connectivity index (χ1) is 13.5. The number of halogens is 2. The van der Waals surface area contributed by atoms with Crippen molar-refractivity contribution in [3.63, 3.8) is 0 Å². The molecule has 1 unspecified atom stereocenters. The fourth-order valence-electron chi connectivity index (χ4n) is 2.64. The molecule has 1 atom stereocenters. The Labute approximate surface area is 174 Å². The third-order valence-corrected chi connectivity index (χ3v) is 4.77. The predicted octanol–water partition coefficient (Wildman–Crippen LogP) is 5.11. The summed E-state index contributed by atoms with van der Waals surface area (Å²) < 4.78 is 20.8. The van der Waals surface area contributed by atoms with Crippen LogP contribution in [0.15, 0.2) is 84.4 Å². The van der Waals surface area contributed by atoms with E-state index < -0.39 is 11.4 Å². The second kappa shape index (κ2) is 11.0. The maximum absolute atomic E-state index is 14.5. The van der Waals surface area contributed by atoms with E-state index in [0.717, 1.165) is 24.0 Å². The lowest BCUT2D eigenvalue weighted by molar-refractivity contribution is 0.134. The first kappa shape index (κ1) is 22.1. The zero-order chi connectivity index (χ0) is 20.4. The van der Waals surface area contributed by atoms with Crippen LogP contribution in [0.4, 0.5) is 4.39 Å². The Balaban J connectivity index is 2.02. The number of hydrogen-bond donors (Lipinski definition) is 2. The summed E-state index contributed by atoms with van der Waals surface area (Å²) >= 11 is 3.36. The molecule has 0 amide bonds. The van der Waals surface area contributed by atoms with E-state index in [0.29, 0.717) is 11.1 Å². The van der Waals surface area contributed by atoms with Crippen LogP contribution in [0.3, 0.4) is 0 Å². The van der Waals surface area contributed by atoms with Gasteiger partial charge in [-0.05, 0) is 48.4 Å². The molecule has 2 N–H and O–H groups in total. The van der Waals surface area contributed by atoms with Crippen molar-refractivity contribution < 1.29 is 14.2 Å². The second-order valence-electron chi connectivity index (χ2n) is 6.19. The summed E-state index contributed by atoms with van der Waals surface area (Å²) in [5.41, 5.74) is -0.501. The van der Waals surface area contributed by atoms with E-state index in [1.807, 2.05) is 30.4 Å². The van der Waals surface area contributed by atoms with E-state index in [1.165, 1.54) is 18.2 Å². The van der Waals surface area contributed by atoms with E-state index in [-0.39, 0.29) is 12.4 Å². The van der Waals surface area contributed by atoms with Crippen LogP contribution in [-0.2, 0) is 5.60 Å². The Bertz CT molecular complexity index is 820. The van der Waals surface area contributed by atoms with Crippen molar-refractivity contribution in [2.45, 2.75) is 12.0 Å². The van der Waals surface area contributed by atoms with Gasteiger partial charge >= 0.3 is 0 Å². The summed E-state index contributed by atoms with van der Waals surface area (Å²) in [4.78, 5) is 0. The van der Waals surface area contributed by atoms with Crippen molar-refractivity contribution in [3.8, 4) is 5.75 Å². The van der Waals surface area contributed by atoms with Gasteiger partial charge in [-0.15, -0.1) is 6.58 Å². The fourth-order valence-corrected chi connectivity index (χ4v) is 2.90. The summed E-state index contributed by atoms with van der Waals surface area (Å²) in [6.07, 6.45) is 7.93. The molecule has 0 saturated heterocycles. The molecule has 148 valence electrons. The molecule has 2 rings (SSSR count). The normalized spacial score (nSPS) is 13.2. The molecule has 0 aliphatic carbocycles. The summed E-state index contributed by atoms with van der Waals surface area (Å²) in [6.45, 7) is 9.23. The number of aliphatic hydroxyl groups is 1. The number of rotatable bonds is 11. The summed E-state index contributed by atoms with van der Waals surface area (Å²) in [6, 6.07) is 11.6. The van der Waals surface area contributed by atoms with Crippen LogP contribution < -0.4 is 10.1 Å². The third kappa shape index (κ3) is 5.89. The molecule has 0 fully saturated rings. The molecule has 2 aromatic rings. The Morgan fingerprint density at radius 3 is 2.46 bits per heavy atom. The lowest BCUT2D eigenvalue weighted by Gasteiger charge is -2.26. The molecule has 0 aliphatic heterocycles. The van der Waals surface area contributed by atoms with Crippen molar-refractivity contribution in [1.29, 1.82) is 0 Å². The Kier molecular flexibility index (Phi) is 8.64. The van der Waals surface area contributed by atoms with Crippen molar-refractivity contribution in [1.82, 2.24) is 5.32 Å². The van der Waals surface area contributed by atoms with E-state index >= 15 is 0 Å². The average Bonchev–Trinajstić information content (AvgIpc) is 2.71. The van der Waals surface area contributed by atoms with Crippen LogP contribution in [0.25, 0.3) is 0 Å². The molecule has 0 aromatic heterocycles. The highest BCUT2D eigenvalue weighted by Gasteiger charge is 2.29. The van der Waals surface area contributed by atoms with Gasteiger partial charge in [0.05, 0.1) is 0 Å². The van der Waals surface area contributed by atoms with Gasteiger partial charge in [0, 0.05) is 11.0 Å². The molecule has 0 radical (unpaired) electrons. The van der Waals surface area contributed by atoms with Crippen LogP contribution in [0.2, 0.25) is 0 Å². The van der Waals surface area contributed by atoms with Crippen molar-refractivity contribution in [2.75, 3.05) is 19.7 Å². The first-order valence-electron chi connectivity index (χ1n) is 9.02. The van der Waals surface area contributed by atoms with Crippen LogP contribution in [0.5, 0.6) is 5.75 Å². The second-order valence-corrected chi connectivity index (χ2v) is 7.10. The predicted molar refractivity (Wildman–Crippen MR) is 116 cm³/mol. The van der Waals surface area contributed by atoms with E-state index in [9.17, 15) is 9.50 Å². The maximum Gasteiger partial charge on any atom is 0.165 e. The highest BCUT2D eigenvalue weighted by atomic mass is 79.9. The molecule has 28 heavy (non-hydrogen) atoms. The maximum atomic E-state index is 14.5. The molecule has 0 bridgehead atoms. The SMILES string of the molecule is C=CCCNCC=CCOc1ccc(C(O)(C=C)c2ccc(Br)cc2)cc1F. The summed E-state index contributed by atoms with van der Waals surface area (Å²) in [5, 5.41) is 14.3. The fraction of sp³-hybridized carbons (Fsp3) is 0.217. The van der Waals surface area contributed by atoms with Crippen molar-refractivity contribution in [2.24, 2.45) is 0 Å². The number of nitrogens with one attached hydrogen (secondary N) is 1. The lowest BCUT2D eigenvalue weighted by atomic mass is 9.86. The largest absolute Gasteiger partial charge is 0.486 e. The van der Waals surface area contributed by atoms with Gasteiger partial charge in [-0.2, -0.15) is 0 Å². The molecular weight excluding hydrogens is 421 g/mol. The Hall–Kier alpha value is -2.21. The highest BCUT2D eigenvalue weighted by Crippen LogP contribution is 2.33. The van der Waals surface area contributed by atoms with Gasteiger partial charge in [0.2, 0.25) is 0 Å². The molecule has 0 saturated carbocycles. The van der Waals surface area contributed by atoms with E-state index in [1.54, 1.807) is 18.2 Å². The molecule has 3 nitrogen and oxygen atoms in total. The smallest absolute Gasteiger partial charge is 0.165 e.